The van der Waals surface area contributed by atoms with Gasteiger partial charge in [-0.3, -0.25) is 4.79 Å². The molecule has 1 aromatic heterocycles. The molecule has 0 saturated heterocycles. The lowest BCUT2D eigenvalue weighted by Crippen LogP contribution is -2.34. The lowest BCUT2D eigenvalue weighted by atomic mass is 10.0. The maximum atomic E-state index is 12.6. The smallest absolute Gasteiger partial charge is 0.407 e. The molecule has 3 rings (SSSR count). The van der Waals surface area contributed by atoms with Crippen molar-refractivity contribution in [3.05, 3.63) is 69.2 Å². The zero-order chi connectivity index (χ0) is 21.5. The zero-order valence-electron chi connectivity index (χ0n) is 16.7. The third-order valence-electron chi connectivity index (χ3n) is 4.54. The summed E-state index contributed by atoms with van der Waals surface area (Å²) in [4.78, 5) is 37.3. The Hall–Kier alpha value is -2.51. The molecule has 0 atom stereocenters. The molecule has 2 aromatic carbocycles. The van der Waals surface area contributed by atoms with Gasteiger partial charge in [0.05, 0.1) is 5.52 Å². The van der Waals surface area contributed by atoms with Gasteiger partial charge in [-0.2, -0.15) is 16.3 Å². The Morgan fingerprint density at radius 1 is 1.07 bits per heavy atom. The van der Waals surface area contributed by atoms with Crippen LogP contribution in [-0.2, 0) is 0 Å². The van der Waals surface area contributed by atoms with E-state index in [0.717, 1.165) is 22.5 Å². The van der Waals surface area contributed by atoms with E-state index in [1.165, 1.54) is 18.9 Å². The number of unbranched alkanes of at least 4 members (excludes halogenated alkanes) is 1. The van der Waals surface area contributed by atoms with E-state index < -0.39 is 11.8 Å². The van der Waals surface area contributed by atoms with E-state index in [1.54, 1.807) is 36.4 Å². The number of ketones is 1. The first-order chi connectivity index (χ1) is 14.5. The van der Waals surface area contributed by atoms with E-state index in [9.17, 15) is 14.4 Å². The predicted molar refractivity (Wildman–Crippen MR) is 121 cm³/mol. The number of carbonyl (C=O) groups excluding carboxylic acids is 2. The standard InChI is InChI=1S/C22H23ClN2O4S/c1-2-3-12-30-13-4-11-24-21(27)25-18-10-7-16(14-19(18)29-22(25)28)20(26)15-5-8-17(23)9-6-15/h5-10,14H,2-4,11-13H2,1H3,(H,24,27). The maximum Gasteiger partial charge on any atom is 0.428 e. The molecule has 158 valence electrons. The van der Waals surface area contributed by atoms with Gasteiger partial charge in [-0.25, -0.2) is 9.59 Å². The van der Waals surface area contributed by atoms with E-state index in [2.05, 4.69) is 12.2 Å². The monoisotopic (exact) mass is 446 g/mol. The number of hydrogen-bond donors (Lipinski definition) is 1. The molecule has 0 aliphatic heterocycles. The summed E-state index contributed by atoms with van der Waals surface area (Å²) in [6.45, 7) is 2.63. The summed E-state index contributed by atoms with van der Waals surface area (Å²) < 4.78 is 6.16. The molecule has 0 aliphatic rings. The first-order valence-corrected chi connectivity index (χ1v) is 11.4. The average Bonchev–Trinajstić information content (AvgIpc) is 3.08. The Labute approximate surface area is 183 Å². The third kappa shape index (κ3) is 5.34. The normalized spacial score (nSPS) is 11.0. The van der Waals surface area contributed by atoms with Gasteiger partial charge in [-0.15, -0.1) is 0 Å². The zero-order valence-corrected chi connectivity index (χ0v) is 18.2. The van der Waals surface area contributed by atoms with E-state index in [0.29, 0.717) is 28.2 Å². The van der Waals surface area contributed by atoms with Crippen LogP contribution in [0.4, 0.5) is 4.79 Å². The van der Waals surface area contributed by atoms with E-state index >= 15 is 0 Å². The Balaban J connectivity index is 1.69. The molecule has 30 heavy (non-hydrogen) atoms. The van der Waals surface area contributed by atoms with Gasteiger partial charge in [-0.05, 0) is 66.8 Å². The van der Waals surface area contributed by atoms with Crippen molar-refractivity contribution in [2.24, 2.45) is 0 Å². The number of fused-ring (bicyclic) bond motifs is 1. The highest BCUT2D eigenvalue weighted by molar-refractivity contribution is 7.99. The van der Waals surface area contributed by atoms with Crippen LogP contribution in [0.15, 0.2) is 51.7 Å². The minimum Gasteiger partial charge on any atom is -0.407 e. The number of nitrogens with one attached hydrogen (secondary N) is 1. The minimum absolute atomic E-state index is 0.185. The summed E-state index contributed by atoms with van der Waals surface area (Å²) in [5.41, 5.74) is 1.33. The van der Waals surface area contributed by atoms with Crippen molar-refractivity contribution in [2.75, 3.05) is 18.1 Å². The highest BCUT2D eigenvalue weighted by Crippen LogP contribution is 2.19. The number of amides is 1. The summed E-state index contributed by atoms with van der Waals surface area (Å²) >= 11 is 7.72. The van der Waals surface area contributed by atoms with Crippen molar-refractivity contribution in [1.82, 2.24) is 9.88 Å². The van der Waals surface area contributed by atoms with Crippen molar-refractivity contribution in [3.63, 3.8) is 0 Å². The number of thioether (sulfide) groups is 1. The molecule has 0 spiro atoms. The minimum atomic E-state index is -0.782. The van der Waals surface area contributed by atoms with Crippen molar-refractivity contribution < 1.29 is 14.0 Å². The predicted octanol–water partition coefficient (Wildman–Crippen LogP) is 4.96. The number of carbonyl (C=O) groups is 2. The van der Waals surface area contributed by atoms with Crippen LogP contribution in [-0.4, -0.2) is 34.4 Å². The lowest BCUT2D eigenvalue weighted by Gasteiger charge is -2.06. The molecule has 0 radical (unpaired) electrons. The van der Waals surface area contributed by atoms with Gasteiger partial charge < -0.3 is 9.73 Å². The molecule has 3 aromatic rings. The number of oxazole rings is 1. The second-order valence-corrected chi connectivity index (χ2v) is 8.43. The van der Waals surface area contributed by atoms with Crippen molar-refractivity contribution in [1.29, 1.82) is 0 Å². The molecule has 0 aliphatic carbocycles. The summed E-state index contributed by atoms with van der Waals surface area (Å²) in [6, 6.07) is 10.6. The molecule has 1 heterocycles. The van der Waals surface area contributed by atoms with Crippen LogP contribution in [0.2, 0.25) is 5.02 Å². The molecule has 0 saturated carbocycles. The Kier molecular flexibility index (Phi) is 7.76. The Bertz CT molecular complexity index is 1090. The Morgan fingerprint density at radius 2 is 1.77 bits per heavy atom. The van der Waals surface area contributed by atoms with Gasteiger partial charge in [0, 0.05) is 22.7 Å². The largest absolute Gasteiger partial charge is 0.428 e. The van der Waals surface area contributed by atoms with Crippen molar-refractivity contribution in [3.8, 4) is 0 Å². The van der Waals surface area contributed by atoms with Gasteiger partial charge in [0.2, 0.25) is 0 Å². The molecule has 0 fully saturated rings. The first-order valence-electron chi connectivity index (χ1n) is 9.83. The van der Waals surface area contributed by atoms with Crippen molar-refractivity contribution >= 4 is 46.3 Å². The molecular formula is C22H23ClN2O4S. The lowest BCUT2D eigenvalue weighted by molar-refractivity contribution is 0.103. The van der Waals surface area contributed by atoms with Crippen LogP contribution >= 0.6 is 23.4 Å². The van der Waals surface area contributed by atoms with Gasteiger partial charge in [0.1, 0.15) is 0 Å². The third-order valence-corrected chi connectivity index (χ3v) is 5.94. The topological polar surface area (TPSA) is 81.3 Å². The number of aromatic nitrogens is 1. The molecule has 6 nitrogen and oxygen atoms in total. The maximum absolute atomic E-state index is 12.6. The Morgan fingerprint density at radius 3 is 2.50 bits per heavy atom. The second-order valence-electron chi connectivity index (χ2n) is 6.77. The number of benzene rings is 2. The van der Waals surface area contributed by atoms with Gasteiger partial charge in [-0.1, -0.05) is 24.9 Å². The molecule has 0 bridgehead atoms. The quantitative estimate of drug-likeness (QED) is 0.371. The summed E-state index contributed by atoms with van der Waals surface area (Å²) in [6.07, 6.45) is 3.19. The number of nitrogens with zero attached hydrogens (tertiary/aromatic N) is 1. The fourth-order valence-corrected chi connectivity index (χ4v) is 4.09. The SMILES string of the molecule is CCCCSCCCNC(=O)n1c(=O)oc2cc(C(=O)c3ccc(Cl)cc3)ccc21. The molecular weight excluding hydrogens is 424 g/mol. The summed E-state index contributed by atoms with van der Waals surface area (Å²) in [7, 11) is 0. The van der Waals surface area contributed by atoms with Gasteiger partial charge in [0.15, 0.2) is 11.4 Å². The van der Waals surface area contributed by atoms with Crippen LogP contribution < -0.4 is 11.1 Å². The van der Waals surface area contributed by atoms with E-state index in [-0.39, 0.29) is 11.4 Å². The highest BCUT2D eigenvalue weighted by atomic mass is 35.5. The number of rotatable bonds is 9. The first kappa shape index (κ1) is 22.2. The van der Waals surface area contributed by atoms with Gasteiger partial charge in [0.25, 0.3) is 0 Å². The van der Waals surface area contributed by atoms with Crippen LogP contribution in [0, 0.1) is 0 Å². The van der Waals surface area contributed by atoms with E-state index in [1.807, 2.05) is 11.8 Å². The average molecular weight is 447 g/mol. The van der Waals surface area contributed by atoms with Crippen LogP contribution in [0.3, 0.4) is 0 Å². The molecule has 0 unspecified atom stereocenters. The van der Waals surface area contributed by atoms with Gasteiger partial charge >= 0.3 is 11.8 Å². The molecule has 8 heteroatoms. The summed E-state index contributed by atoms with van der Waals surface area (Å²) in [5, 5.41) is 3.29. The van der Waals surface area contributed by atoms with E-state index in [4.69, 9.17) is 16.0 Å². The fourth-order valence-electron chi connectivity index (χ4n) is 2.92. The number of halogens is 1. The highest BCUT2D eigenvalue weighted by Gasteiger charge is 2.18. The summed E-state index contributed by atoms with van der Waals surface area (Å²) in [5.74, 6) is 1.06. The van der Waals surface area contributed by atoms with Crippen molar-refractivity contribution in [2.45, 2.75) is 26.2 Å². The molecule has 1 amide bonds. The van der Waals surface area contributed by atoms with Crippen LogP contribution in [0.5, 0.6) is 0 Å². The molecule has 1 N–H and O–H groups in total. The second kappa shape index (κ2) is 10.5. The number of hydrogen-bond acceptors (Lipinski definition) is 5. The van der Waals surface area contributed by atoms with Crippen LogP contribution in [0.25, 0.3) is 11.1 Å². The fraction of sp³-hybridized carbons (Fsp3) is 0.318. The van der Waals surface area contributed by atoms with Crippen LogP contribution in [0.1, 0.15) is 42.1 Å².